The number of likely N-dealkylation sites (tertiary alicyclic amines) is 1. The third-order valence-electron chi connectivity index (χ3n) is 4.65. The maximum atomic E-state index is 14.4. The highest BCUT2D eigenvalue weighted by Crippen LogP contribution is 2.31. The molecule has 0 aromatic heterocycles. The number of aliphatic hydroxyl groups is 1. The zero-order valence-electron chi connectivity index (χ0n) is 13.4. The number of benzene rings is 1. The van der Waals surface area contributed by atoms with E-state index in [2.05, 4.69) is 5.32 Å². The minimum absolute atomic E-state index is 0.0102. The molecular formula is C17H21FN2O3. The maximum absolute atomic E-state index is 14.4. The molecule has 124 valence electrons. The number of hydrogen-bond acceptors (Lipinski definition) is 3. The van der Waals surface area contributed by atoms with Gasteiger partial charge in [0.2, 0.25) is 5.91 Å². The van der Waals surface area contributed by atoms with Crippen molar-refractivity contribution in [1.82, 2.24) is 4.90 Å². The van der Waals surface area contributed by atoms with Crippen molar-refractivity contribution in [3.05, 3.63) is 29.1 Å². The van der Waals surface area contributed by atoms with Crippen LogP contribution in [0.3, 0.4) is 0 Å². The van der Waals surface area contributed by atoms with Crippen LogP contribution >= 0.6 is 0 Å². The molecule has 0 spiro atoms. The van der Waals surface area contributed by atoms with Crippen LogP contribution in [0.1, 0.15) is 49.0 Å². The molecule has 23 heavy (non-hydrogen) atoms. The molecule has 1 atom stereocenters. The van der Waals surface area contributed by atoms with Gasteiger partial charge in [0.05, 0.1) is 17.2 Å². The van der Waals surface area contributed by atoms with Crippen molar-refractivity contribution in [1.29, 1.82) is 0 Å². The number of anilines is 1. The first-order chi connectivity index (χ1) is 10.8. The molecule has 1 unspecified atom stereocenters. The van der Waals surface area contributed by atoms with Crippen LogP contribution in [-0.4, -0.2) is 40.0 Å². The van der Waals surface area contributed by atoms with Crippen LogP contribution in [0.15, 0.2) is 12.1 Å². The van der Waals surface area contributed by atoms with Crippen LogP contribution in [0, 0.1) is 5.82 Å². The zero-order chi connectivity index (χ0) is 16.8. The number of rotatable bonds is 2. The van der Waals surface area contributed by atoms with E-state index in [9.17, 15) is 19.1 Å². The number of nitrogens with zero attached hydrogens (tertiary/aromatic N) is 1. The summed E-state index contributed by atoms with van der Waals surface area (Å²) in [6.07, 6.45) is 2.33. The molecule has 5 nitrogen and oxygen atoms in total. The Hall–Kier alpha value is -1.95. The van der Waals surface area contributed by atoms with E-state index in [0.717, 1.165) is 12.0 Å². The van der Waals surface area contributed by atoms with Gasteiger partial charge in [-0.1, -0.05) is 0 Å². The first kappa shape index (κ1) is 15.9. The number of fused-ring (bicyclic) bond motifs is 1. The summed E-state index contributed by atoms with van der Waals surface area (Å²) >= 11 is 0. The highest BCUT2D eigenvalue weighted by atomic mass is 19.1. The van der Waals surface area contributed by atoms with E-state index in [-0.39, 0.29) is 17.5 Å². The number of carbonyl (C=O) groups is 2. The minimum Gasteiger partial charge on any atom is -0.388 e. The number of amides is 2. The number of carbonyl (C=O) groups excluding carboxylic acids is 2. The Balaban J connectivity index is 1.92. The maximum Gasteiger partial charge on any atom is 0.257 e. The Bertz CT molecular complexity index is 667. The monoisotopic (exact) mass is 320 g/mol. The lowest BCUT2D eigenvalue weighted by Crippen LogP contribution is -2.48. The van der Waals surface area contributed by atoms with Gasteiger partial charge in [-0.15, -0.1) is 0 Å². The molecule has 3 rings (SSSR count). The molecule has 2 aliphatic rings. The highest BCUT2D eigenvalue weighted by molar-refractivity contribution is 5.98. The summed E-state index contributed by atoms with van der Waals surface area (Å²) in [6, 6.07) is 2.44. The van der Waals surface area contributed by atoms with E-state index in [1.165, 1.54) is 12.1 Å². The van der Waals surface area contributed by atoms with E-state index >= 15 is 0 Å². The smallest absolute Gasteiger partial charge is 0.257 e. The molecular weight excluding hydrogens is 299 g/mol. The van der Waals surface area contributed by atoms with Gasteiger partial charge in [0.15, 0.2) is 0 Å². The molecule has 1 aromatic rings. The molecule has 1 saturated heterocycles. The topological polar surface area (TPSA) is 69.6 Å². The van der Waals surface area contributed by atoms with Gasteiger partial charge in [0, 0.05) is 18.7 Å². The Morgan fingerprint density at radius 1 is 1.39 bits per heavy atom. The average molecular weight is 320 g/mol. The second kappa shape index (κ2) is 5.60. The van der Waals surface area contributed by atoms with Crippen molar-refractivity contribution in [3.8, 4) is 0 Å². The van der Waals surface area contributed by atoms with Crippen LogP contribution in [0.4, 0.5) is 10.1 Å². The Morgan fingerprint density at radius 2 is 2.13 bits per heavy atom. The summed E-state index contributed by atoms with van der Waals surface area (Å²) in [4.78, 5) is 25.7. The summed E-state index contributed by atoms with van der Waals surface area (Å²) in [5.74, 6) is -1.18. The lowest BCUT2D eigenvalue weighted by atomic mass is 9.95. The van der Waals surface area contributed by atoms with Crippen molar-refractivity contribution < 1.29 is 19.1 Å². The number of halogens is 1. The summed E-state index contributed by atoms with van der Waals surface area (Å²) in [5.41, 5.74) is 0.199. The van der Waals surface area contributed by atoms with Gasteiger partial charge in [-0.3, -0.25) is 9.59 Å². The SMILES string of the molecule is CC(C)(O)C1CCCN1C(=O)c1cc2c(cc1F)NC(=O)CC2. The number of aryl methyl sites for hydroxylation is 1. The van der Waals surface area contributed by atoms with Crippen molar-refractivity contribution >= 4 is 17.5 Å². The zero-order valence-corrected chi connectivity index (χ0v) is 13.4. The highest BCUT2D eigenvalue weighted by Gasteiger charge is 2.39. The van der Waals surface area contributed by atoms with E-state index in [1.54, 1.807) is 18.7 Å². The van der Waals surface area contributed by atoms with Crippen LogP contribution in [0.5, 0.6) is 0 Å². The fourth-order valence-corrected chi connectivity index (χ4v) is 3.47. The molecule has 1 fully saturated rings. The molecule has 6 heteroatoms. The first-order valence-corrected chi connectivity index (χ1v) is 7.93. The van der Waals surface area contributed by atoms with Gasteiger partial charge >= 0.3 is 0 Å². The Kier molecular flexibility index (Phi) is 3.88. The van der Waals surface area contributed by atoms with Crippen molar-refractivity contribution in [2.45, 2.75) is 51.2 Å². The largest absolute Gasteiger partial charge is 0.388 e. The van der Waals surface area contributed by atoms with Gasteiger partial charge < -0.3 is 15.3 Å². The van der Waals surface area contributed by atoms with Crippen LogP contribution in [0.25, 0.3) is 0 Å². The average Bonchev–Trinajstić information content (AvgIpc) is 2.95. The molecule has 0 saturated carbocycles. The first-order valence-electron chi connectivity index (χ1n) is 7.93. The van der Waals surface area contributed by atoms with Gasteiger partial charge in [-0.05, 0) is 50.8 Å². The van der Waals surface area contributed by atoms with E-state index in [0.29, 0.717) is 31.5 Å². The molecule has 2 heterocycles. The number of nitrogens with one attached hydrogen (secondary N) is 1. The molecule has 2 N–H and O–H groups in total. The van der Waals surface area contributed by atoms with E-state index < -0.39 is 17.3 Å². The molecule has 2 aliphatic heterocycles. The van der Waals surface area contributed by atoms with Crippen molar-refractivity contribution in [3.63, 3.8) is 0 Å². The fraction of sp³-hybridized carbons (Fsp3) is 0.529. The summed E-state index contributed by atoms with van der Waals surface area (Å²) in [6.45, 7) is 3.85. The van der Waals surface area contributed by atoms with E-state index in [4.69, 9.17) is 0 Å². The third-order valence-corrected chi connectivity index (χ3v) is 4.65. The van der Waals surface area contributed by atoms with Crippen LogP contribution < -0.4 is 5.32 Å². The minimum atomic E-state index is -1.02. The third kappa shape index (κ3) is 2.95. The molecule has 1 aromatic carbocycles. The molecule has 0 aliphatic carbocycles. The summed E-state index contributed by atoms with van der Waals surface area (Å²) < 4.78 is 14.4. The van der Waals surface area contributed by atoms with Gasteiger partial charge in [-0.2, -0.15) is 0 Å². The summed E-state index contributed by atoms with van der Waals surface area (Å²) in [7, 11) is 0. The normalized spacial score (nSPS) is 21.1. The Labute approximate surface area is 134 Å². The standard InChI is InChI=1S/C17H21FN2O3/c1-17(2,23)14-4-3-7-20(14)16(22)11-8-10-5-6-15(21)19-13(10)9-12(11)18/h8-9,14,23H,3-7H2,1-2H3,(H,19,21). The predicted octanol–water partition coefficient (Wildman–Crippen LogP) is 2.09. The number of hydrogen-bond donors (Lipinski definition) is 2. The molecule has 0 bridgehead atoms. The second-order valence-electron chi connectivity index (χ2n) is 6.85. The fourth-order valence-electron chi connectivity index (χ4n) is 3.47. The van der Waals surface area contributed by atoms with Crippen LogP contribution in [-0.2, 0) is 11.2 Å². The van der Waals surface area contributed by atoms with Crippen molar-refractivity contribution in [2.24, 2.45) is 0 Å². The predicted molar refractivity (Wildman–Crippen MR) is 83.7 cm³/mol. The van der Waals surface area contributed by atoms with Gasteiger partial charge in [-0.25, -0.2) is 4.39 Å². The van der Waals surface area contributed by atoms with Gasteiger partial charge in [0.25, 0.3) is 5.91 Å². The molecule has 2 amide bonds. The van der Waals surface area contributed by atoms with Crippen molar-refractivity contribution in [2.75, 3.05) is 11.9 Å². The Morgan fingerprint density at radius 3 is 2.83 bits per heavy atom. The quantitative estimate of drug-likeness (QED) is 0.876. The lowest BCUT2D eigenvalue weighted by molar-refractivity contribution is -0.116. The van der Waals surface area contributed by atoms with Crippen LogP contribution in [0.2, 0.25) is 0 Å². The molecule has 0 radical (unpaired) electrons. The summed E-state index contributed by atoms with van der Waals surface area (Å²) in [5, 5.41) is 12.9. The van der Waals surface area contributed by atoms with Gasteiger partial charge in [0.1, 0.15) is 5.82 Å². The van der Waals surface area contributed by atoms with E-state index in [1.807, 2.05) is 0 Å². The second-order valence-corrected chi connectivity index (χ2v) is 6.85. The lowest BCUT2D eigenvalue weighted by Gasteiger charge is -2.34.